The summed E-state index contributed by atoms with van der Waals surface area (Å²) >= 11 is 0. The molecule has 2 aliphatic heterocycles. The zero-order chi connectivity index (χ0) is 17.4. The van der Waals surface area contributed by atoms with Crippen molar-refractivity contribution in [1.82, 2.24) is 16.2 Å². The summed E-state index contributed by atoms with van der Waals surface area (Å²) in [5.74, 6) is 0.702. The van der Waals surface area contributed by atoms with Gasteiger partial charge in [0.1, 0.15) is 0 Å². The van der Waals surface area contributed by atoms with Crippen molar-refractivity contribution < 1.29 is 4.79 Å². The predicted molar refractivity (Wildman–Crippen MR) is 97.6 cm³/mol. The summed E-state index contributed by atoms with van der Waals surface area (Å²) in [4.78, 5) is 13.4. The van der Waals surface area contributed by atoms with Crippen molar-refractivity contribution in [3.8, 4) is 0 Å². The minimum Gasteiger partial charge on any atom is -0.371 e. The number of aryl methyl sites for hydroxylation is 1. The number of ketones is 1. The third-order valence-electron chi connectivity index (χ3n) is 6.87. The number of carbonyl (C=O) groups excluding carboxylic acids is 1. The first kappa shape index (κ1) is 15.6. The molecule has 0 saturated carbocycles. The summed E-state index contributed by atoms with van der Waals surface area (Å²) in [6.45, 7) is 6.66. The van der Waals surface area contributed by atoms with Crippen LogP contribution in [-0.4, -0.2) is 18.0 Å². The highest BCUT2D eigenvalue weighted by Gasteiger charge is 2.60. The molecular formula is C21H27N3O. The van der Waals surface area contributed by atoms with Crippen LogP contribution in [0.2, 0.25) is 0 Å². The zero-order valence-electron chi connectivity index (χ0n) is 15.3. The van der Waals surface area contributed by atoms with Crippen molar-refractivity contribution in [2.75, 3.05) is 0 Å². The lowest BCUT2D eigenvalue weighted by molar-refractivity contribution is -0.119. The molecule has 1 saturated heterocycles. The average molecular weight is 337 g/mol. The largest absolute Gasteiger partial charge is 0.371 e. The van der Waals surface area contributed by atoms with Crippen LogP contribution in [0.5, 0.6) is 0 Å². The molecule has 0 bridgehead atoms. The highest BCUT2D eigenvalue weighted by atomic mass is 16.1. The zero-order valence-corrected chi connectivity index (χ0v) is 15.3. The highest BCUT2D eigenvalue weighted by molar-refractivity contribution is 6.00. The molecule has 4 atom stereocenters. The van der Waals surface area contributed by atoms with Crippen LogP contribution in [0.25, 0.3) is 0 Å². The van der Waals surface area contributed by atoms with Gasteiger partial charge in [0.05, 0.1) is 6.17 Å². The molecule has 3 N–H and O–H groups in total. The van der Waals surface area contributed by atoms with Crippen LogP contribution >= 0.6 is 0 Å². The number of rotatable bonds is 0. The Hall–Kier alpha value is -1.65. The monoisotopic (exact) mass is 337 g/mol. The Kier molecular flexibility index (Phi) is 3.09. The Balaban J connectivity index is 1.78. The second-order valence-corrected chi connectivity index (χ2v) is 9.15. The molecule has 0 amide bonds. The van der Waals surface area contributed by atoms with E-state index in [9.17, 15) is 4.79 Å². The maximum atomic E-state index is 13.4. The Labute approximate surface area is 149 Å². The number of carbonyl (C=O) groups is 1. The minimum absolute atomic E-state index is 0.0344. The smallest absolute Gasteiger partial charge is 0.162 e. The first-order valence-electron chi connectivity index (χ1n) is 9.55. The number of fused-ring (bicyclic) bond motifs is 5. The van der Waals surface area contributed by atoms with Gasteiger partial charge in [-0.15, -0.1) is 0 Å². The second kappa shape index (κ2) is 4.95. The van der Waals surface area contributed by atoms with Crippen molar-refractivity contribution >= 4 is 5.78 Å². The highest BCUT2D eigenvalue weighted by Crippen LogP contribution is 2.57. The average Bonchev–Trinajstić information content (AvgIpc) is 3.09. The molecule has 1 aromatic rings. The topological polar surface area (TPSA) is 53.2 Å². The summed E-state index contributed by atoms with van der Waals surface area (Å²) in [7, 11) is 0. The number of Topliss-reactive ketones (excluding diaryl/α,β-unsaturated/α-hetero) is 1. The Morgan fingerprint density at radius 2 is 1.92 bits per heavy atom. The molecule has 132 valence electrons. The van der Waals surface area contributed by atoms with E-state index in [1.807, 2.05) is 0 Å². The maximum absolute atomic E-state index is 13.4. The lowest BCUT2D eigenvalue weighted by Crippen LogP contribution is -2.59. The maximum Gasteiger partial charge on any atom is 0.162 e. The summed E-state index contributed by atoms with van der Waals surface area (Å²) in [5.41, 5.74) is 11.9. The van der Waals surface area contributed by atoms with Crippen LogP contribution in [0.15, 0.2) is 35.5 Å². The number of hydrogen-bond donors (Lipinski definition) is 3. The fourth-order valence-corrected chi connectivity index (χ4v) is 6.09. The van der Waals surface area contributed by atoms with E-state index in [0.29, 0.717) is 24.2 Å². The van der Waals surface area contributed by atoms with E-state index in [4.69, 9.17) is 0 Å². The van der Waals surface area contributed by atoms with Gasteiger partial charge < -0.3 is 5.32 Å². The van der Waals surface area contributed by atoms with Crippen molar-refractivity contribution in [3.05, 3.63) is 46.7 Å². The Morgan fingerprint density at radius 3 is 2.76 bits per heavy atom. The first-order chi connectivity index (χ1) is 11.9. The number of hydrazine groups is 1. The molecule has 2 aliphatic carbocycles. The molecule has 2 heterocycles. The van der Waals surface area contributed by atoms with Crippen LogP contribution in [-0.2, 0) is 16.6 Å². The van der Waals surface area contributed by atoms with Crippen LogP contribution in [0.3, 0.4) is 0 Å². The van der Waals surface area contributed by atoms with Crippen molar-refractivity contribution in [1.29, 1.82) is 0 Å². The quantitative estimate of drug-likeness (QED) is 0.681. The van der Waals surface area contributed by atoms with Crippen molar-refractivity contribution in [2.45, 2.75) is 64.1 Å². The standard InChI is InChI=1S/C21H27N3O/c1-12-17-19(24-23-12)22-15-10-20(2,3)11-16(25)18(15)21(17)9-8-13-6-4-5-7-14(13)21/h4-7,12,17,19,22-24H,8-11H2,1-3H3. The minimum atomic E-state index is -0.147. The molecule has 1 fully saturated rings. The van der Waals surface area contributed by atoms with Crippen LogP contribution in [0.4, 0.5) is 0 Å². The van der Waals surface area contributed by atoms with Gasteiger partial charge in [-0.25, -0.2) is 5.43 Å². The lowest BCUT2D eigenvalue weighted by atomic mass is 9.57. The van der Waals surface area contributed by atoms with Gasteiger partial charge in [-0.05, 0) is 42.7 Å². The second-order valence-electron chi connectivity index (χ2n) is 9.15. The number of benzene rings is 1. The first-order valence-corrected chi connectivity index (χ1v) is 9.55. The van der Waals surface area contributed by atoms with Gasteiger partial charge in [0.15, 0.2) is 5.78 Å². The number of allylic oxidation sites excluding steroid dienone is 2. The van der Waals surface area contributed by atoms with Gasteiger partial charge in [-0.2, -0.15) is 0 Å². The van der Waals surface area contributed by atoms with Gasteiger partial charge in [0, 0.05) is 35.1 Å². The number of nitrogens with one attached hydrogen (secondary N) is 3. The normalized spacial score (nSPS) is 38.4. The molecule has 4 aliphatic rings. The predicted octanol–water partition coefficient (Wildman–Crippen LogP) is 2.56. The Morgan fingerprint density at radius 1 is 1.12 bits per heavy atom. The van der Waals surface area contributed by atoms with Crippen LogP contribution in [0, 0.1) is 11.3 Å². The van der Waals surface area contributed by atoms with Gasteiger partial charge in [0.25, 0.3) is 0 Å². The molecule has 4 heteroatoms. The SMILES string of the molecule is CC1NNC2NC3=C(C(=O)CC(C)(C)C3)C3(CCc4ccccc43)C12. The van der Waals surface area contributed by atoms with Gasteiger partial charge in [0.2, 0.25) is 0 Å². The molecule has 0 aromatic heterocycles. The van der Waals surface area contributed by atoms with E-state index in [-0.39, 0.29) is 17.0 Å². The van der Waals surface area contributed by atoms with E-state index < -0.39 is 0 Å². The lowest BCUT2D eigenvalue weighted by Gasteiger charge is -2.50. The van der Waals surface area contributed by atoms with E-state index in [2.05, 4.69) is 61.2 Å². The van der Waals surface area contributed by atoms with Crippen molar-refractivity contribution in [3.63, 3.8) is 0 Å². The van der Waals surface area contributed by atoms with Gasteiger partial charge in [-0.1, -0.05) is 38.1 Å². The van der Waals surface area contributed by atoms with Gasteiger partial charge >= 0.3 is 0 Å². The molecule has 0 radical (unpaired) electrons. The summed E-state index contributed by atoms with van der Waals surface area (Å²) < 4.78 is 0. The molecule has 5 rings (SSSR count). The third-order valence-corrected chi connectivity index (χ3v) is 6.87. The summed E-state index contributed by atoms with van der Waals surface area (Å²) in [5, 5.41) is 3.70. The van der Waals surface area contributed by atoms with E-state index in [0.717, 1.165) is 24.8 Å². The molecule has 4 nitrogen and oxygen atoms in total. The molecule has 25 heavy (non-hydrogen) atoms. The van der Waals surface area contributed by atoms with Gasteiger partial charge in [-0.3, -0.25) is 10.2 Å². The van der Waals surface area contributed by atoms with E-state index >= 15 is 0 Å². The Bertz CT molecular complexity index is 796. The van der Waals surface area contributed by atoms with E-state index in [1.165, 1.54) is 16.8 Å². The molecular weight excluding hydrogens is 310 g/mol. The fourth-order valence-electron chi connectivity index (χ4n) is 6.09. The number of hydrogen-bond acceptors (Lipinski definition) is 4. The van der Waals surface area contributed by atoms with Crippen LogP contribution < -0.4 is 16.2 Å². The molecule has 1 spiro atoms. The van der Waals surface area contributed by atoms with E-state index in [1.54, 1.807) is 0 Å². The summed E-state index contributed by atoms with van der Waals surface area (Å²) in [6, 6.07) is 9.11. The molecule has 1 aromatic carbocycles. The van der Waals surface area contributed by atoms with Crippen molar-refractivity contribution in [2.24, 2.45) is 11.3 Å². The van der Waals surface area contributed by atoms with Crippen LogP contribution in [0.1, 0.15) is 51.2 Å². The summed E-state index contributed by atoms with van der Waals surface area (Å²) in [6.07, 6.45) is 3.91. The third kappa shape index (κ3) is 1.98. The molecule has 4 unspecified atom stereocenters. The fraction of sp³-hybridized carbons (Fsp3) is 0.571.